The van der Waals surface area contributed by atoms with Gasteiger partial charge in [0.15, 0.2) is 0 Å². The lowest BCUT2D eigenvalue weighted by molar-refractivity contribution is 0.0735. The van der Waals surface area contributed by atoms with Gasteiger partial charge < -0.3 is 10.2 Å². The third-order valence-corrected chi connectivity index (χ3v) is 3.91. The molecule has 0 aliphatic carbocycles. The van der Waals surface area contributed by atoms with Crippen LogP contribution in [0.5, 0.6) is 0 Å². The molecule has 1 saturated heterocycles. The third kappa shape index (κ3) is 2.97. The highest BCUT2D eigenvalue weighted by atomic mass is 16.2. The topological polar surface area (TPSA) is 50.2 Å². The standard InChI is InChI=1S/C16H20N4O/c1-13-15(16(21)19-9-7-17-8-10-19)11-18-20(13)12-14-5-3-2-4-6-14/h2-6,11,17H,7-10,12H2,1H3. The van der Waals surface area contributed by atoms with Gasteiger partial charge in [0.2, 0.25) is 0 Å². The van der Waals surface area contributed by atoms with Crippen molar-refractivity contribution in [3.05, 3.63) is 53.3 Å². The molecule has 0 spiro atoms. The van der Waals surface area contributed by atoms with Crippen LogP contribution in [0, 0.1) is 6.92 Å². The first-order valence-corrected chi connectivity index (χ1v) is 7.32. The monoisotopic (exact) mass is 284 g/mol. The molecule has 1 fully saturated rings. The van der Waals surface area contributed by atoms with E-state index in [1.807, 2.05) is 34.7 Å². The highest BCUT2D eigenvalue weighted by Gasteiger charge is 2.21. The van der Waals surface area contributed by atoms with Crippen LogP contribution in [0.1, 0.15) is 21.6 Å². The van der Waals surface area contributed by atoms with Crippen LogP contribution in [0.25, 0.3) is 0 Å². The summed E-state index contributed by atoms with van der Waals surface area (Å²) in [4.78, 5) is 14.4. The molecule has 1 N–H and O–H groups in total. The summed E-state index contributed by atoms with van der Waals surface area (Å²) in [6.45, 7) is 5.92. The fourth-order valence-electron chi connectivity index (χ4n) is 2.61. The van der Waals surface area contributed by atoms with Crippen LogP contribution in [0.4, 0.5) is 0 Å². The van der Waals surface area contributed by atoms with Gasteiger partial charge >= 0.3 is 0 Å². The maximum absolute atomic E-state index is 12.5. The van der Waals surface area contributed by atoms with Gasteiger partial charge in [0.1, 0.15) is 0 Å². The van der Waals surface area contributed by atoms with Crippen molar-refractivity contribution in [3.63, 3.8) is 0 Å². The first-order valence-electron chi connectivity index (χ1n) is 7.32. The van der Waals surface area contributed by atoms with Crippen LogP contribution < -0.4 is 5.32 Å². The van der Waals surface area contributed by atoms with Gasteiger partial charge in [0, 0.05) is 31.9 Å². The van der Waals surface area contributed by atoms with Gasteiger partial charge in [-0.25, -0.2) is 0 Å². The minimum absolute atomic E-state index is 0.0910. The van der Waals surface area contributed by atoms with Gasteiger partial charge in [-0.1, -0.05) is 30.3 Å². The zero-order valence-electron chi connectivity index (χ0n) is 12.2. The van der Waals surface area contributed by atoms with Crippen LogP contribution in [0.3, 0.4) is 0 Å². The summed E-state index contributed by atoms with van der Waals surface area (Å²) in [6.07, 6.45) is 1.70. The molecule has 110 valence electrons. The molecule has 3 rings (SSSR count). The summed E-state index contributed by atoms with van der Waals surface area (Å²) < 4.78 is 1.89. The van der Waals surface area contributed by atoms with E-state index in [0.29, 0.717) is 12.1 Å². The molecule has 2 aromatic rings. The molecule has 5 heteroatoms. The summed E-state index contributed by atoms with van der Waals surface area (Å²) in [5, 5.41) is 7.64. The van der Waals surface area contributed by atoms with Crippen molar-refractivity contribution < 1.29 is 4.79 Å². The molecular formula is C16H20N4O. The number of nitrogens with one attached hydrogen (secondary N) is 1. The van der Waals surface area contributed by atoms with Crippen LogP contribution in [-0.4, -0.2) is 46.8 Å². The van der Waals surface area contributed by atoms with Crippen molar-refractivity contribution in [2.75, 3.05) is 26.2 Å². The fraction of sp³-hybridized carbons (Fsp3) is 0.375. The van der Waals surface area contributed by atoms with Crippen molar-refractivity contribution in [2.24, 2.45) is 0 Å². The Kier molecular flexibility index (Phi) is 4.01. The molecule has 1 aliphatic rings. The molecule has 21 heavy (non-hydrogen) atoms. The van der Waals surface area contributed by atoms with E-state index < -0.39 is 0 Å². The Morgan fingerprint density at radius 1 is 1.24 bits per heavy atom. The summed E-state index contributed by atoms with van der Waals surface area (Å²) in [5.74, 6) is 0.0910. The highest BCUT2D eigenvalue weighted by Crippen LogP contribution is 2.13. The molecule has 0 unspecified atom stereocenters. The van der Waals surface area contributed by atoms with Crippen molar-refractivity contribution in [1.29, 1.82) is 0 Å². The molecule has 2 heterocycles. The van der Waals surface area contributed by atoms with Crippen LogP contribution in [0.2, 0.25) is 0 Å². The number of amides is 1. The van der Waals surface area contributed by atoms with Gasteiger partial charge in [0.25, 0.3) is 5.91 Å². The Morgan fingerprint density at radius 2 is 1.95 bits per heavy atom. The number of piperazine rings is 1. The minimum atomic E-state index is 0.0910. The van der Waals surface area contributed by atoms with E-state index >= 15 is 0 Å². The lowest BCUT2D eigenvalue weighted by Crippen LogP contribution is -2.46. The Morgan fingerprint density at radius 3 is 2.67 bits per heavy atom. The van der Waals surface area contributed by atoms with Gasteiger partial charge in [-0.3, -0.25) is 9.48 Å². The number of hydrogen-bond donors (Lipinski definition) is 1. The Balaban J connectivity index is 1.77. The van der Waals surface area contributed by atoms with E-state index in [1.165, 1.54) is 5.56 Å². The van der Waals surface area contributed by atoms with E-state index in [2.05, 4.69) is 22.5 Å². The predicted octanol–water partition coefficient (Wildman–Crippen LogP) is 1.29. The number of hydrogen-bond acceptors (Lipinski definition) is 3. The normalized spacial score (nSPS) is 15.2. The summed E-state index contributed by atoms with van der Waals surface area (Å²) >= 11 is 0. The summed E-state index contributed by atoms with van der Waals surface area (Å²) in [6, 6.07) is 10.2. The number of benzene rings is 1. The van der Waals surface area contributed by atoms with Gasteiger partial charge in [-0.05, 0) is 12.5 Å². The highest BCUT2D eigenvalue weighted by molar-refractivity contribution is 5.95. The second-order valence-corrected chi connectivity index (χ2v) is 5.33. The molecule has 0 radical (unpaired) electrons. The Hall–Kier alpha value is -2.14. The van der Waals surface area contributed by atoms with Crippen LogP contribution in [0.15, 0.2) is 36.5 Å². The van der Waals surface area contributed by atoms with Crippen molar-refractivity contribution in [2.45, 2.75) is 13.5 Å². The average Bonchev–Trinajstić information content (AvgIpc) is 2.89. The maximum Gasteiger partial charge on any atom is 0.257 e. The van der Waals surface area contributed by atoms with Gasteiger partial charge in [-0.15, -0.1) is 0 Å². The Bertz CT molecular complexity index is 614. The quantitative estimate of drug-likeness (QED) is 0.924. The number of nitrogens with zero attached hydrogens (tertiary/aromatic N) is 3. The molecule has 1 aromatic carbocycles. The van der Waals surface area contributed by atoms with E-state index in [0.717, 1.165) is 31.9 Å². The molecule has 0 atom stereocenters. The van der Waals surface area contributed by atoms with Gasteiger partial charge in [-0.2, -0.15) is 5.10 Å². The minimum Gasteiger partial charge on any atom is -0.336 e. The largest absolute Gasteiger partial charge is 0.336 e. The van der Waals surface area contributed by atoms with Crippen molar-refractivity contribution >= 4 is 5.91 Å². The van der Waals surface area contributed by atoms with E-state index in [9.17, 15) is 4.79 Å². The van der Waals surface area contributed by atoms with E-state index in [-0.39, 0.29) is 5.91 Å². The van der Waals surface area contributed by atoms with Crippen molar-refractivity contribution in [1.82, 2.24) is 20.0 Å². The second kappa shape index (κ2) is 6.10. The van der Waals surface area contributed by atoms with Gasteiger partial charge in [0.05, 0.1) is 18.3 Å². The maximum atomic E-state index is 12.5. The van der Waals surface area contributed by atoms with E-state index in [1.54, 1.807) is 6.20 Å². The molecule has 0 saturated carbocycles. The molecule has 1 amide bonds. The van der Waals surface area contributed by atoms with Crippen molar-refractivity contribution in [3.8, 4) is 0 Å². The second-order valence-electron chi connectivity index (χ2n) is 5.33. The van der Waals surface area contributed by atoms with Crippen LogP contribution in [-0.2, 0) is 6.54 Å². The zero-order valence-corrected chi connectivity index (χ0v) is 12.2. The molecule has 1 aromatic heterocycles. The summed E-state index contributed by atoms with van der Waals surface area (Å²) in [5.41, 5.74) is 2.83. The number of rotatable bonds is 3. The third-order valence-electron chi connectivity index (χ3n) is 3.91. The number of carbonyl (C=O) groups excluding carboxylic acids is 1. The summed E-state index contributed by atoms with van der Waals surface area (Å²) in [7, 11) is 0. The predicted molar refractivity (Wildman–Crippen MR) is 81.3 cm³/mol. The SMILES string of the molecule is Cc1c(C(=O)N2CCNCC2)cnn1Cc1ccccc1. The smallest absolute Gasteiger partial charge is 0.257 e. The number of aromatic nitrogens is 2. The molecule has 0 bridgehead atoms. The van der Waals surface area contributed by atoms with E-state index in [4.69, 9.17) is 0 Å². The molecule has 1 aliphatic heterocycles. The van der Waals surface area contributed by atoms with Crippen LogP contribution >= 0.6 is 0 Å². The first-order chi connectivity index (χ1) is 10.3. The first kappa shape index (κ1) is 13.8. The lowest BCUT2D eigenvalue weighted by Gasteiger charge is -2.27. The average molecular weight is 284 g/mol. The molecule has 5 nitrogen and oxygen atoms in total. The Labute approximate surface area is 124 Å². The number of carbonyl (C=O) groups is 1. The molecular weight excluding hydrogens is 264 g/mol. The zero-order chi connectivity index (χ0) is 14.7. The fourth-order valence-corrected chi connectivity index (χ4v) is 2.61. The lowest BCUT2D eigenvalue weighted by atomic mass is 10.2.